The molecule has 0 aromatic carbocycles. The van der Waals surface area contributed by atoms with E-state index < -0.39 is 8.65 Å². The van der Waals surface area contributed by atoms with Crippen molar-refractivity contribution in [1.82, 2.24) is 0 Å². The van der Waals surface area contributed by atoms with Crippen molar-refractivity contribution in [1.29, 1.82) is 0 Å². The van der Waals surface area contributed by atoms with Gasteiger partial charge >= 0.3 is 0 Å². The lowest BCUT2D eigenvalue weighted by Gasteiger charge is -2.01. The second-order valence-corrected chi connectivity index (χ2v) is 3.67. The third kappa shape index (κ3) is 3.91. The predicted molar refractivity (Wildman–Crippen MR) is 43.8 cm³/mol. The Bertz CT molecular complexity index is 147. The number of hydrogen-bond acceptors (Lipinski definition) is 1. The highest BCUT2D eigenvalue weighted by atomic mass is 28.3. The summed E-state index contributed by atoms with van der Waals surface area (Å²) >= 11 is 0. The zero-order chi connectivity index (χ0) is 7.28. The third-order valence-electron chi connectivity index (χ3n) is 0.926. The fraction of sp³-hybridized carbons (Fsp3) is 0.286. The van der Waals surface area contributed by atoms with Gasteiger partial charge in [-0.2, -0.15) is 0 Å². The zero-order valence-electron chi connectivity index (χ0n) is 5.98. The van der Waals surface area contributed by atoms with Crippen LogP contribution in [0.25, 0.3) is 0 Å². The molecule has 0 aliphatic carbocycles. The van der Waals surface area contributed by atoms with E-state index >= 15 is 0 Å². The topological polar surface area (TPSA) is 9.23 Å². The van der Waals surface area contributed by atoms with Crippen molar-refractivity contribution in [3.05, 3.63) is 25.0 Å². The fourth-order valence-corrected chi connectivity index (χ4v) is 0.922. The Morgan fingerprint density at radius 2 is 2.22 bits per heavy atom. The second kappa shape index (κ2) is 4.27. The van der Waals surface area contributed by atoms with Crippen molar-refractivity contribution in [2.24, 2.45) is 0 Å². The van der Waals surface area contributed by atoms with Gasteiger partial charge in [0.25, 0.3) is 0 Å². The summed E-state index contributed by atoms with van der Waals surface area (Å²) in [7, 11) is -0.736. The minimum Gasteiger partial charge on any atom is -0.518 e. The lowest BCUT2D eigenvalue weighted by atomic mass is 10.6. The molecule has 0 aliphatic heterocycles. The normalized spacial score (nSPS) is 10.7. The first-order valence-electron chi connectivity index (χ1n) is 2.82. The highest BCUT2D eigenvalue weighted by molar-refractivity contribution is 6.58. The molecule has 0 fully saturated rings. The second-order valence-electron chi connectivity index (χ2n) is 1.67. The molecule has 0 rings (SSSR count). The molecule has 0 saturated heterocycles. The average Bonchev–Trinajstić information content (AvgIpc) is 1.87. The van der Waals surface area contributed by atoms with Crippen LogP contribution in [0.2, 0.25) is 6.55 Å². The minimum absolute atomic E-state index is 0.671. The van der Waals surface area contributed by atoms with Crippen molar-refractivity contribution >= 4 is 14.3 Å². The van der Waals surface area contributed by atoms with E-state index in [1.54, 1.807) is 6.08 Å². The molecular weight excluding hydrogens is 128 g/mol. The molecule has 0 radical (unpaired) electrons. The van der Waals surface area contributed by atoms with Crippen LogP contribution in [0.4, 0.5) is 0 Å². The van der Waals surface area contributed by atoms with Gasteiger partial charge in [-0.15, -0.1) is 0 Å². The fourth-order valence-electron chi connectivity index (χ4n) is 0.307. The maximum absolute atomic E-state index is 5.28. The van der Waals surface area contributed by atoms with Crippen LogP contribution < -0.4 is 0 Å². The number of hydrogen-bond donors (Lipinski definition) is 0. The zero-order valence-corrected chi connectivity index (χ0v) is 6.98. The van der Waals surface area contributed by atoms with E-state index in [1.165, 1.54) is 0 Å². The Morgan fingerprint density at radius 3 is 2.56 bits per heavy atom. The van der Waals surface area contributed by atoms with Crippen molar-refractivity contribution in [2.45, 2.75) is 13.5 Å². The Balaban J connectivity index is 3.74. The van der Waals surface area contributed by atoms with Crippen molar-refractivity contribution < 1.29 is 4.43 Å². The molecule has 0 spiro atoms. The van der Waals surface area contributed by atoms with Crippen LogP contribution in [0.15, 0.2) is 25.0 Å². The van der Waals surface area contributed by atoms with Crippen LogP contribution in [-0.2, 0) is 4.43 Å². The smallest absolute Gasteiger partial charge is 0.232 e. The Morgan fingerprint density at radius 1 is 1.67 bits per heavy atom. The van der Waals surface area contributed by atoms with Gasteiger partial charge in [0, 0.05) is 0 Å². The van der Waals surface area contributed by atoms with E-state index in [0.29, 0.717) is 5.76 Å². The molecule has 0 bridgehead atoms. The molecule has 0 unspecified atom stereocenters. The monoisotopic (exact) mass is 140 g/mol. The summed E-state index contributed by atoms with van der Waals surface area (Å²) in [5.41, 5.74) is 2.05. The molecular formula is C7H12OSi. The van der Waals surface area contributed by atoms with E-state index in [9.17, 15) is 0 Å². The van der Waals surface area contributed by atoms with Crippen LogP contribution in [0.1, 0.15) is 6.92 Å². The molecule has 2 heteroatoms. The van der Waals surface area contributed by atoms with Gasteiger partial charge in [0.05, 0.1) is 0 Å². The van der Waals surface area contributed by atoms with Crippen LogP contribution in [0.3, 0.4) is 0 Å². The Labute approximate surface area is 58.0 Å². The van der Waals surface area contributed by atoms with Crippen LogP contribution in [-0.4, -0.2) is 14.3 Å². The maximum atomic E-state index is 5.28. The lowest BCUT2D eigenvalue weighted by Crippen LogP contribution is -2.02. The van der Waals surface area contributed by atoms with Gasteiger partial charge in [-0.3, -0.25) is 0 Å². The van der Waals surface area contributed by atoms with Crippen molar-refractivity contribution in [2.75, 3.05) is 0 Å². The summed E-state index contributed by atoms with van der Waals surface area (Å²) in [6, 6.07) is 0. The van der Waals surface area contributed by atoms with Gasteiger partial charge in [0.2, 0.25) is 8.65 Å². The Kier molecular flexibility index (Phi) is 3.97. The molecule has 9 heavy (non-hydrogen) atoms. The summed E-state index contributed by atoms with van der Waals surface area (Å²) < 4.78 is 5.28. The molecule has 0 aromatic heterocycles. The van der Waals surface area contributed by atoms with Gasteiger partial charge in [0.1, 0.15) is 5.76 Å². The summed E-state index contributed by atoms with van der Waals surface area (Å²) in [6.07, 6.45) is 1.62. The lowest BCUT2D eigenvalue weighted by molar-refractivity contribution is 0.477. The quantitative estimate of drug-likeness (QED) is 0.329. The molecule has 0 N–H and O–H groups in total. The van der Waals surface area contributed by atoms with Gasteiger partial charge in [-0.25, -0.2) is 0 Å². The molecule has 0 amide bonds. The summed E-state index contributed by atoms with van der Waals surface area (Å²) in [4.78, 5) is 0. The first kappa shape index (κ1) is 8.37. The van der Waals surface area contributed by atoms with Gasteiger partial charge in [-0.05, 0) is 19.5 Å². The van der Waals surface area contributed by atoms with Crippen LogP contribution in [0, 0.1) is 0 Å². The van der Waals surface area contributed by atoms with E-state index in [4.69, 9.17) is 4.43 Å². The molecule has 0 aliphatic rings. The molecule has 0 aromatic rings. The third-order valence-corrected chi connectivity index (χ3v) is 2.32. The Hall–Kier alpha value is -0.633. The van der Waals surface area contributed by atoms with Crippen molar-refractivity contribution in [3.8, 4) is 0 Å². The van der Waals surface area contributed by atoms with Crippen LogP contribution in [0.5, 0.6) is 0 Å². The van der Waals surface area contributed by atoms with Gasteiger partial charge in [0.15, 0.2) is 0 Å². The standard InChI is InChI=1S/C7H12OSi/c1-5-7(3)8-9(4)6-2/h5-6H,1,3H2,2,4H3/b9-6+. The molecule has 1 nitrogen and oxygen atoms in total. The molecule has 0 atom stereocenters. The highest BCUT2D eigenvalue weighted by Crippen LogP contribution is 1.92. The first-order valence-corrected chi connectivity index (χ1v) is 4.81. The van der Waals surface area contributed by atoms with Gasteiger partial charge < -0.3 is 4.43 Å². The summed E-state index contributed by atoms with van der Waals surface area (Å²) in [6.45, 7) is 11.2. The molecule has 0 heterocycles. The van der Waals surface area contributed by atoms with E-state index in [2.05, 4.69) is 25.4 Å². The van der Waals surface area contributed by atoms with Crippen molar-refractivity contribution in [3.63, 3.8) is 0 Å². The van der Waals surface area contributed by atoms with E-state index in [1.807, 2.05) is 6.92 Å². The number of allylic oxidation sites excluding steroid dienone is 1. The predicted octanol–water partition coefficient (Wildman–Crippen LogP) is 1.73. The first-order chi connectivity index (χ1) is 4.20. The summed E-state index contributed by atoms with van der Waals surface area (Å²) in [5.74, 6) is 0.671. The largest absolute Gasteiger partial charge is 0.518 e. The average molecular weight is 140 g/mol. The minimum atomic E-state index is -0.736. The molecule has 0 saturated carbocycles. The van der Waals surface area contributed by atoms with Gasteiger partial charge in [-0.1, -0.05) is 18.8 Å². The highest BCUT2D eigenvalue weighted by Gasteiger charge is 1.88. The summed E-state index contributed by atoms with van der Waals surface area (Å²) in [5, 5.41) is 0. The number of rotatable bonds is 3. The SMILES string of the molecule is C=CC(=C)O/[Si](C)=C/C. The molecule has 50 valence electrons. The van der Waals surface area contributed by atoms with E-state index in [-0.39, 0.29) is 0 Å². The maximum Gasteiger partial charge on any atom is 0.232 e. The van der Waals surface area contributed by atoms with E-state index in [0.717, 1.165) is 0 Å². The van der Waals surface area contributed by atoms with Crippen LogP contribution >= 0.6 is 0 Å².